The third kappa shape index (κ3) is 4.02. The van der Waals surface area contributed by atoms with Crippen molar-refractivity contribution in [1.82, 2.24) is 14.8 Å². The van der Waals surface area contributed by atoms with Crippen molar-refractivity contribution in [2.45, 2.75) is 12.8 Å². The van der Waals surface area contributed by atoms with Crippen LogP contribution in [0.3, 0.4) is 0 Å². The summed E-state index contributed by atoms with van der Waals surface area (Å²) in [5, 5.41) is 2.97. The number of carbonyl (C=O) groups excluding carboxylic acids is 2. The maximum absolute atomic E-state index is 12.6. The van der Waals surface area contributed by atoms with Crippen LogP contribution in [-0.2, 0) is 7.05 Å². The van der Waals surface area contributed by atoms with Crippen molar-refractivity contribution >= 4 is 11.8 Å². The predicted octanol–water partition coefficient (Wildman–Crippen LogP) is 1.67. The number of rotatable bonds is 4. The van der Waals surface area contributed by atoms with Crippen LogP contribution in [0.4, 0.5) is 0 Å². The molecule has 1 N–H and O–H groups in total. The van der Waals surface area contributed by atoms with E-state index in [1.807, 2.05) is 18.2 Å². The van der Waals surface area contributed by atoms with Crippen LogP contribution in [0.25, 0.3) is 0 Å². The average molecular weight is 353 g/mol. The molecule has 1 saturated heterocycles. The van der Waals surface area contributed by atoms with E-state index >= 15 is 0 Å². The second kappa shape index (κ2) is 7.99. The molecule has 0 bridgehead atoms. The normalized spacial score (nSPS) is 14.9. The largest absolute Gasteiger partial charge is 0.352 e. The molecule has 1 aromatic heterocycles. The van der Waals surface area contributed by atoms with Crippen molar-refractivity contribution in [2.75, 3.05) is 19.6 Å². The molecule has 6 heteroatoms. The van der Waals surface area contributed by atoms with Crippen molar-refractivity contribution < 1.29 is 9.59 Å². The van der Waals surface area contributed by atoms with Crippen molar-refractivity contribution in [3.05, 3.63) is 70.1 Å². The van der Waals surface area contributed by atoms with Crippen LogP contribution < -0.4 is 10.9 Å². The highest BCUT2D eigenvalue weighted by atomic mass is 16.2. The number of hydrogen-bond acceptors (Lipinski definition) is 3. The Morgan fingerprint density at radius 1 is 1.08 bits per heavy atom. The van der Waals surface area contributed by atoms with Crippen molar-refractivity contribution in [2.24, 2.45) is 13.0 Å². The second-order valence-electron chi connectivity index (χ2n) is 6.65. The van der Waals surface area contributed by atoms with E-state index in [4.69, 9.17) is 0 Å². The molecule has 3 rings (SSSR count). The van der Waals surface area contributed by atoms with Gasteiger partial charge < -0.3 is 14.8 Å². The number of piperidine rings is 1. The first-order valence-corrected chi connectivity index (χ1v) is 8.84. The van der Waals surface area contributed by atoms with Gasteiger partial charge in [0.05, 0.1) is 0 Å². The van der Waals surface area contributed by atoms with Gasteiger partial charge in [-0.3, -0.25) is 14.4 Å². The van der Waals surface area contributed by atoms with E-state index in [9.17, 15) is 14.4 Å². The molecule has 0 atom stereocenters. The van der Waals surface area contributed by atoms with Gasteiger partial charge in [0.2, 0.25) is 0 Å². The Morgan fingerprint density at radius 2 is 1.77 bits per heavy atom. The van der Waals surface area contributed by atoms with Crippen LogP contribution in [0.5, 0.6) is 0 Å². The monoisotopic (exact) mass is 353 g/mol. The van der Waals surface area contributed by atoms with Gasteiger partial charge in [0.15, 0.2) is 0 Å². The first-order valence-electron chi connectivity index (χ1n) is 8.84. The van der Waals surface area contributed by atoms with Crippen LogP contribution in [-0.4, -0.2) is 40.9 Å². The van der Waals surface area contributed by atoms with E-state index in [0.29, 0.717) is 31.1 Å². The van der Waals surface area contributed by atoms with Gasteiger partial charge >= 0.3 is 0 Å². The first-order chi connectivity index (χ1) is 12.6. The lowest BCUT2D eigenvalue weighted by Gasteiger charge is -2.32. The smallest absolute Gasteiger partial charge is 0.263 e. The van der Waals surface area contributed by atoms with E-state index < -0.39 is 0 Å². The molecule has 26 heavy (non-hydrogen) atoms. The Kier molecular flexibility index (Phi) is 5.51. The summed E-state index contributed by atoms with van der Waals surface area (Å²) in [6.45, 7) is 1.80. The average Bonchev–Trinajstić information content (AvgIpc) is 2.69. The van der Waals surface area contributed by atoms with Crippen molar-refractivity contribution in [3.63, 3.8) is 0 Å². The highest BCUT2D eigenvalue weighted by Gasteiger charge is 2.25. The van der Waals surface area contributed by atoms with Gasteiger partial charge in [-0.2, -0.15) is 0 Å². The first kappa shape index (κ1) is 17.9. The number of aromatic nitrogens is 1. The summed E-state index contributed by atoms with van der Waals surface area (Å²) >= 11 is 0. The Hall–Kier alpha value is -2.89. The molecule has 2 aromatic rings. The zero-order valence-corrected chi connectivity index (χ0v) is 14.9. The number of amides is 2. The van der Waals surface area contributed by atoms with Gasteiger partial charge in [0, 0.05) is 38.4 Å². The Bertz CT molecular complexity index is 837. The fourth-order valence-corrected chi connectivity index (χ4v) is 3.20. The Balaban J connectivity index is 1.51. The van der Waals surface area contributed by atoms with Crippen molar-refractivity contribution in [3.8, 4) is 0 Å². The second-order valence-corrected chi connectivity index (χ2v) is 6.65. The van der Waals surface area contributed by atoms with E-state index in [1.165, 1.54) is 4.57 Å². The van der Waals surface area contributed by atoms with Crippen molar-refractivity contribution in [1.29, 1.82) is 0 Å². The molecule has 6 nitrogen and oxygen atoms in total. The number of benzene rings is 1. The van der Waals surface area contributed by atoms with Crippen LogP contribution in [0, 0.1) is 5.92 Å². The molecule has 0 radical (unpaired) electrons. The van der Waals surface area contributed by atoms with E-state index in [1.54, 1.807) is 42.4 Å². The number of aryl methyl sites for hydroxylation is 1. The Morgan fingerprint density at radius 3 is 2.46 bits per heavy atom. The molecule has 1 fully saturated rings. The highest BCUT2D eigenvalue weighted by molar-refractivity contribution is 5.94. The Labute approximate surface area is 152 Å². The molecule has 1 aliphatic rings. The fourth-order valence-electron chi connectivity index (χ4n) is 3.20. The van der Waals surface area contributed by atoms with Crippen LogP contribution in [0.15, 0.2) is 53.5 Å². The predicted molar refractivity (Wildman–Crippen MR) is 99.1 cm³/mol. The van der Waals surface area contributed by atoms with Crippen LogP contribution in [0.1, 0.15) is 33.6 Å². The van der Waals surface area contributed by atoms with E-state index in [2.05, 4.69) is 5.32 Å². The van der Waals surface area contributed by atoms with Crippen LogP contribution >= 0.6 is 0 Å². The summed E-state index contributed by atoms with van der Waals surface area (Å²) in [4.78, 5) is 38.5. The molecule has 2 heterocycles. The SMILES string of the molecule is Cn1cccc(C(=O)N2CCC(CNC(=O)c3ccccc3)CC2)c1=O. The van der Waals surface area contributed by atoms with Gasteiger partial charge in [-0.1, -0.05) is 18.2 Å². The maximum Gasteiger partial charge on any atom is 0.263 e. The topological polar surface area (TPSA) is 71.4 Å². The standard InChI is InChI=1S/C20H23N3O3/c1-22-11-5-8-17(19(22)25)20(26)23-12-9-15(10-13-23)14-21-18(24)16-6-3-2-4-7-16/h2-8,11,15H,9-10,12-14H2,1H3,(H,21,24). The third-order valence-electron chi connectivity index (χ3n) is 4.84. The number of carbonyl (C=O) groups is 2. The summed E-state index contributed by atoms with van der Waals surface area (Å²) in [5.74, 6) is 0.0557. The minimum Gasteiger partial charge on any atom is -0.352 e. The van der Waals surface area contributed by atoms with E-state index in [-0.39, 0.29) is 22.9 Å². The van der Waals surface area contributed by atoms with Gasteiger partial charge in [-0.15, -0.1) is 0 Å². The quantitative estimate of drug-likeness (QED) is 0.909. The minimum absolute atomic E-state index is 0.0723. The number of likely N-dealkylation sites (tertiary alicyclic amines) is 1. The summed E-state index contributed by atoms with van der Waals surface area (Å²) in [5.41, 5.74) is 0.598. The van der Waals surface area contributed by atoms with Gasteiger partial charge in [0.1, 0.15) is 5.56 Å². The molecule has 0 unspecified atom stereocenters. The molecule has 0 aliphatic carbocycles. The summed E-state index contributed by atoms with van der Waals surface area (Å²) in [6.07, 6.45) is 3.27. The number of nitrogens with zero attached hydrogens (tertiary/aromatic N) is 2. The molecule has 136 valence electrons. The lowest BCUT2D eigenvalue weighted by Crippen LogP contribution is -2.43. The maximum atomic E-state index is 12.6. The van der Waals surface area contributed by atoms with Gasteiger partial charge in [-0.05, 0) is 43.0 Å². The molecule has 0 saturated carbocycles. The number of pyridine rings is 1. The minimum atomic E-state index is -0.269. The summed E-state index contributed by atoms with van der Waals surface area (Å²) in [7, 11) is 1.64. The molecule has 0 spiro atoms. The molecular formula is C20H23N3O3. The molecule has 2 amide bonds. The summed E-state index contributed by atoms with van der Waals surface area (Å²) < 4.78 is 1.42. The van der Waals surface area contributed by atoms with Crippen LogP contribution in [0.2, 0.25) is 0 Å². The molecule has 1 aromatic carbocycles. The lowest BCUT2D eigenvalue weighted by molar-refractivity contribution is 0.0682. The van der Waals surface area contributed by atoms with Gasteiger partial charge in [0.25, 0.3) is 17.4 Å². The lowest BCUT2D eigenvalue weighted by atomic mass is 9.96. The van der Waals surface area contributed by atoms with Gasteiger partial charge in [-0.25, -0.2) is 0 Å². The van der Waals surface area contributed by atoms with E-state index in [0.717, 1.165) is 12.8 Å². The number of nitrogens with one attached hydrogen (secondary N) is 1. The molecule has 1 aliphatic heterocycles. The zero-order valence-electron chi connectivity index (χ0n) is 14.9. The molecular weight excluding hydrogens is 330 g/mol. The highest BCUT2D eigenvalue weighted by Crippen LogP contribution is 2.18. The summed E-state index contributed by atoms with van der Waals surface area (Å²) in [6, 6.07) is 12.4. The third-order valence-corrected chi connectivity index (χ3v) is 4.84. The fraction of sp³-hybridized carbons (Fsp3) is 0.350. The number of hydrogen-bond donors (Lipinski definition) is 1. The zero-order chi connectivity index (χ0) is 18.5.